The van der Waals surface area contributed by atoms with Gasteiger partial charge in [-0.15, -0.1) is 0 Å². The van der Waals surface area contributed by atoms with Gasteiger partial charge in [0, 0.05) is 17.5 Å². The summed E-state index contributed by atoms with van der Waals surface area (Å²) in [5.74, 6) is -0.875. The number of aliphatic carboxylic acids is 1. The largest absolute Gasteiger partial charge is 0.493 e. The number of amides is 1. The van der Waals surface area contributed by atoms with E-state index in [2.05, 4.69) is 0 Å². The van der Waals surface area contributed by atoms with E-state index in [1.54, 1.807) is 13.0 Å². The van der Waals surface area contributed by atoms with E-state index in [0.717, 1.165) is 5.39 Å². The number of carboxylic acid groups (broad SMARTS) is 1. The van der Waals surface area contributed by atoms with E-state index in [1.165, 1.54) is 12.0 Å². The van der Waals surface area contributed by atoms with E-state index in [0.29, 0.717) is 23.5 Å². The Bertz CT molecular complexity index is 765. The lowest BCUT2D eigenvalue weighted by Gasteiger charge is -2.32. The Kier molecular flexibility index (Phi) is 3.96. The standard InChI is InChI=1S/C16H17NO6/c1-9-10-4-3-5-12(21-2)14(10)23-13(9)15(18)17-6-7-22-8-11(17)16(19)20/h3-5,11H,6-8H2,1-2H3,(H,19,20). The first-order valence-electron chi connectivity index (χ1n) is 7.22. The molecule has 3 rings (SSSR count). The van der Waals surface area contributed by atoms with Gasteiger partial charge in [-0.2, -0.15) is 0 Å². The molecule has 0 aliphatic carbocycles. The molecule has 0 spiro atoms. The normalized spacial score (nSPS) is 18.2. The van der Waals surface area contributed by atoms with Crippen LogP contribution >= 0.6 is 0 Å². The lowest BCUT2D eigenvalue weighted by molar-refractivity contribution is -0.147. The summed E-state index contributed by atoms with van der Waals surface area (Å²) < 4.78 is 16.1. The van der Waals surface area contributed by atoms with Gasteiger partial charge in [-0.3, -0.25) is 4.79 Å². The molecule has 2 heterocycles. The van der Waals surface area contributed by atoms with E-state index in [4.69, 9.17) is 13.9 Å². The molecule has 7 nitrogen and oxygen atoms in total. The number of benzene rings is 1. The molecule has 0 radical (unpaired) electrons. The Morgan fingerprint density at radius 3 is 2.87 bits per heavy atom. The van der Waals surface area contributed by atoms with Gasteiger partial charge in [0.15, 0.2) is 23.1 Å². The van der Waals surface area contributed by atoms with Crippen molar-refractivity contribution in [1.82, 2.24) is 4.90 Å². The van der Waals surface area contributed by atoms with Crippen LogP contribution in [0.5, 0.6) is 5.75 Å². The Balaban J connectivity index is 2.03. The summed E-state index contributed by atoms with van der Waals surface area (Å²) in [6.07, 6.45) is 0. The molecule has 23 heavy (non-hydrogen) atoms. The lowest BCUT2D eigenvalue weighted by atomic mass is 10.1. The minimum absolute atomic E-state index is 0.0241. The van der Waals surface area contributed by atoms with Crippen LogP contribution in [0.25, 0.3) is 11.0 Å². The number of ether oxygens (including phenoxy) is 2. The average molecular weight is 319 g/mol. The van der Waals surface area contributed by atoms with E-state index >= 15 is 0 Å². The maximum atomic E-state index is 12.8. The fraction of sp³-hybridized carbons (Fsp3) is 0.375. The van der Waals surface area contributed by atoms with Crippen LogP contribution in [0.3, 0.4) is 0 Å². The number of para-hydroxylation sites is 1. The van der Waals surface area contributed by atoms with E-state index in [-0.39, 0.29) is 18.9 Å². The predicted molar refractivity (Wildman–Crippen MR) is 80.8 cm³/mol. The van der Waals surface area contributed by atoms with Crippen molar-refractivity contribution < 1.29 is 28.6 Å². The van der Waals surface area contributed by atoms with Gasteiger partial charge in [-0.05, 0) is 13.0 Å². The Morgan fingerprint density at radius 2 is 2.17 bits per heavy atom. The van der Waals surface area contributed by atoms with Crippen LogP contribution in [0.1, 0.15) is 16.1 Å². The Labute approximate surface area is 132 Å². The van der Waals surface area contributed by atoms with Gasteiger partial charge in [0.25, 0.3) is 5.91 Å². The molecule has 7 heteroatoms. The summed E-state index contributed by atoms with van der Waals surface area (Å²) in [6, 6.07) is 4.38. The number of rotatable bonds is 3. The number of carbonyl (C=O) groups is 2. The van der Waals surface area contributed by atoms with Crippen LogP contribution in [0.15, 0.2) is 22.6 Å². The number of nitrogens with zero attached hydrogens (tertiary/aromatic N) is 1. The number of carbonyl (C=O) groups excluding carboxylic acids is 1. The van der Waals surface area contributed by atoms with Gasteiger partial charge in [-0.25, -0.2) is 4.79 Å². The van der Waals surface area contributed by atoms with Crippen molar-refractivity contribution in [3.63, 3.8) is 0 Å². The molecular weight excluding hydrogens is 302 g/mol. The van der Waals surface area contributed by atoms with Crippen LogP contribution in [0.2, 0.25) is 0 Å². The summed E-state index contributed by atoms with van der Waals surface area (Å²) in [4.78, 5) is 25.4. The average Bonchev–Trinajstić information content (AvgIpc) is 2.91. The van der Waals surface area contributed by atoms with Crippen LogP contribution in [-0.4, -0.2) is 54.8 Å². The third-order valence-electron chi connectivity index (χ3n) is 4.02. The van der Waals surface area contributed by atoms with Crippen LogP contribution in [-0.2, 0) is 9.53 Å². The summed E-state index contributed by atoms with van der Waals surface area (Å²) in [6.45, 7) is 2.26. The SMILES string of the molecule is COc1cccc2c(C)c(C(=O)N3CCOCC3C(=O)O)oc12. The number of carboxylic acids is 1. The third kappa shape index (κ3) is 2.53. The van der Waals surface area contributed by atoms with Gasteiger partial charge in [0.1, 0.15) is 0 Å². The number of methoxy groups -OCH3 is 1. The topological polar surface area (TPSA) is 89.2 Å². The first-order valence-corrected chi connectivity index (χ1v) is 7.22. The molecule has 1 saturated heterocycles. The van der Waals surface area contributed by atoms with Gasteiger partial charge in [-0.1, -0.05) is 12.1 Å². The molecule has 2 aromatic rings. The molecular formula is C16H17NO6. The molecule has 1 aromatic heterocycles. The minimum Gasteiger partial charge on any atom is -0.493 e. The maximum absolute atomic E-state index is 12.8. The summed E-state index contributed by atoms with van der Waals surface area (Å²) in [5, 5.41) is 10.0. The molecule has 122 valence electrons. The predicted octanol–water partition coefficient (Wildman–Crippen LogP) is 1.68. The van der Waals surface area contributed by atoms with E-state index in [9.17, 15) is 14.7 Å². The zero-order valence-corrected chi connectivity index (χ0v) is 12.9. The number of furan rings is 1. The number of hydrogen-bond donors (Lipinski definition) is 1. The van der Waals surface area contributed by atoms with Crippen molar-refractivity contribution in [3.05, 3.63) is 29.5 Å². The van der Waals surface area contributed by atoms with Gasteiger partial charge in [0.05, 0.1) is 20.3 Å². The third-order valence-corrected chi connectivity index (χ3v) is 4.02. The first kappa shape index (κ1) is 15.4. The quantitative estimate of drug-likeness (QED) is 0.926. The summed E-state index contributed by atoms with van der Waals surface area (Å²) in [5.41, 5.74) is 1.15. The maximum Gasteiger partial charge on any atom is 0.328 e. The van der Waals surface area contributed by atoms with E-state index in [1.807, 2.05) is 12.1 Å². The molecule has 1 aromatic carbocycles. The highest BCUT2D eigenvalue weighted by molar-refractivity contribution is 6.01. The Hall–Kier alpha value is -2.54. The van der Waals surface area contributed by atoms with Gasteiger partial charge in [0.2, 0.25) is 0 Å². The fourth-order valence-electron chi connectivity index (χ4n) is 2.76. The highest BCUT2D eigenvalue weighted by atomic mass is 16.5. The lowest BCUT2D eigenvalue weighted by Crippen LogP contribution is -2.52. The van der Waals surface area contributed by atoms with Crippen LogP contribution < -0.4 is 4.74 Å². The van der Waals surface area contributed by atoms with E-state index < -0.39 is 17.9 Å². The molecule has 1 unspecified atom stereocenters. The van der Waals surface area contributed by atoms with Crippen molar-refractivity contribution in [2.45, 2.75) is 13.0 Å². The van der Waals surface area contributed by atoms with Gasteiger partial charge < -0.3 is 23.9 Å². The minimum atomic E-state index is -1.09. The zero-order chi connectivity index (χ0) is 16.6. The second-order valence-electron chi connectivity index (χ2n) is 5.32. The van der Waals surface area contributed by atoms with Crippen molar-refractivity contribution in [1.29, 1.82) is 0 Å². The highest BCUT2D eigenvalue weighted by Gasteiger charge is 2.35. The van der Waals surface area contributed by atoms with Crippen molar-refractivity contribution in [3.8, 4) is 5.75 Å². The van der Waals surface area contributed by atoms with Crippen LogP contribution in [0, 0.1) is 6.92 Å². The summed E-state index contributed by atoms with van der Waals surface area (Å²) in [7, 11) is 1.52. The zero-order valence-electron chi connectivity index (χ0n) is 12.9. The van der Waals surface area contributed by atoms with Crippen LogP contribution in [0.4, 0.5) is 0 Å². The molecule has 0 bridgehead atoms. The van der Waals surface area contributed by atoms with Crippen molar-refractivity contribution >= 4 is 22.8 Å². The molecule has 1 amide bonds. The highest BCUT2D eigenvalue weighted by Crippen LogP contribution is 2.33. The molecule has 1 aliphatic heterocycles. The number of fused-ring (bicyclic) bond motifs is 1. The van der Waals surface area contributed by atoms with Gasteiger partial charge >= 0.3 is 5.97 Å². The van der Waals surface area contributed by atoms with Crippen molar-refractivity contribution in [2.75, 3.05) is 26.9 Å². The van der Waals surface area contributed by atoms with Crippen molar-refractivity contribution in [2.24, 2.45) is 0 Å². The molecule has 1 N–H and O–H groups in total. The second-order valence-corrected chi connectivity index (χ2v) is 5.32. The number of morpholine rings is 1. The summed E-state index contributed by atoms with van der Waals surface area (Å²) >= 11 is 0. The first-order chi connectivity index (χ1) is 11.0. The molecule has 0 saturated carbocycles. The Morgan fingerprint density at radius 1 is 1.39 bits per heavy atom. The molecule has 1 aliphatic rings. The smallest absolute Gasteiger partial charge is 0.328 e. The number of aryl methyl sites for hydroxylation is 1. The fourth-order valence-corrected chi connectivity index (χ4v) is 2.76. The second kappa shape index (κ2) is 5.92. The molecule has 1 atom stereocenters. The number of hydrogen-bond acceptors (Lipinski definition) is 5. The monoisotopic (exact) mass is 319 g/mol. The molecule has 1 fully saturated rings.